The van der Waals surface area contributed by atoms with Crippen molar-refractivity contribution in [3.05, 3.63) is 48.6 Å². The summed E-state index contributed by atoms with van der Waals surface area (Å²) in [4.78, 5) is 23.0. The van der Waals surface area contributed by atoms with E-state index >= 15 is 0 Å². The van der Waals surface area contributed by atoms with Crippen molar-refractivity contribution in [3.8, 4) is 0 Å². The van der Waals surface area contributed by atoms with Crippen LogP contribution in [0.25, 0.3) is 0 Å². The van der Waals surface area contributed by atoms with Crippen LogP contribution >= 0.6 is 7.82 Å². The summed E-state index contributed by atoms with van der Waals surface area (Å²) in [6.45, 7) is 5.58. The molecule has 0 saturated heterocycles. The first kappa shape index (κ1) is 58.5. The molecule has 0 aliphatic rings. The van der Waals surface area contributed by atoms with Gasteiger partial charge in [-0.25, -0.2) is 4.57 Å². The third-order valence-electron chi connectivity index (χ3n) is 10.6. The lowest BCUT2D eigenvalue weighted by Gasteiger charge is -2.24. The fourth-order valence-electron chi connectivity index (χ4n) is 6.73. The quantitative estimate of drug-likeness (QED) is 0.0214. The van der Waals surface area contributed by atoms with Crippen LogP contribution in [0.5, 0.6) is 0 Å². The van der Waals surface area contributed by atoms with Gasteiger partial charge in [-0.15, -0.1) is 0 Å². The zero-order valence-electron chi connectivity index (χ0n) is 39.9. The van der Waals surface area contributed by atoms with Gasteiger partial charge in [-0.3, -0.25) is 13.8 Å². The van der Waals surface area contributed by atoms with Gasteiger partial charge in [0.1, 0.15) is 19.3 Å². The Labute approximate surface area is 371 Å². The highest BCUT2D eigenvalue weighted by Gasteiger charge is 2.26. The molecule has 0 spiro atoms. The molecule has 0 fully saturated rings. The molecule has 0 amide bonds. The number of phosphoric acid groups is 1. The second kappa shape index (κ2) is 44.1. The van der Waals surface area contributed by atoms with E-state index in [1.165, 1.54) is 141 Å². The van der Waals surface area contributed by atoms with E-state index in [9.17, 15) is 14.3 Å². The molecule has 0 aliphatic carbocycles. The van der Waals surface area contributed by atoms with Crippen LogP contribution in [0.2, 0.25) is 0 Å². The molecule has 2 atom stereocenters. The Morgan fingerprint density at radius 1 is 0.517 bits per heavy atom. The van der Waals surface area contributed by atoms with Gasteiger partial charge in [-0.1, -0.05) is 178 Å². The van der Waals surface area contributed by atoms with Crippen LogP contribution in [0, 0.1) is 0 Å². The van der Waals surface area contributed by atoms with Crippen molar-refractivity contribution < 1.29 is 37.3 Å². The Bertz CT molecular complexity index is 1100. The first-order chi connectivity index (χ1) is 29.1. The highest BCUT2D eigenvalue weighted by molar-refractivity contribution is 7.47. The number of phosphoric ester groups is 1. The summed E-state index contributed by atoms with van der Waals surface area (Å²) in [6.07, 6.45) is 54.3. The van der Waals surface area contributed by atoms with Crippen LogP contribution in [-0.2, 0) is 27.9 Å². The number of nitrogens with zero attached hydrogens (tertiary/aromatic N) is 1. The van der Waals surface area contributed by atoms with E-state index in [1.54, 1.807) is 0 Å². The number of unbranched alkanes of at least 4 members (excludes halogenated alkanes) is 24. The molecule has 0 bridgehead atoms. The molecule has 0 rings (SSSR count). The Morgan fingerprint density at radius 2 is 0.917 bits per heavy atom. The predicted octanol–water partition coefficient (Wildman–Crippen LogP) is 15.1. The average Bonchev–Trinajstić information content (AvgIpc) is 3.20. The summed E-state index contributed by atoms with van der Waals surface area (Å²) in [5, 5.41) is 0. The molecule has 0 saturated carbocycles. The fourth-order valence-corrected chi connectivity index (χ4v) is 7.47. The van der Waals surface area contributed by atoms with Crippen LogP contribution in [-0.4, -0.2) is 75.6 Å². The summed E-state index contributed by atoms with van der Waals surface area (Å²) in [5.41, 5.74) is 0. The number of carbonyl (C=O) groups excluding carboxylic acids is 1. The van der Waals surface area contributed by atoms with Crippen LogP contribution in [0.4, 0.5) is 0 Å². The Balaban J connectivity index is 4.19. The SMILES string of the molecule is CCCCCC/C=C\C/C=C\CCCCCCCCOCC(COP(=O)(O)OCC[N+](C)(C)C)OC(=O)CCCCCCCCCCC/C=C\C/C=C\CCCCCCC. The molecule has 0 aromatic carbocycles. The van der Waals surface area contributed by atoms with Crippen LogP contribution in [0.3, 0.4) is 0 Å². The van der Waals surface area contributed by atoms with E-state index in [0.717, 1.165) is 51.4 Å². The van der Waals surface area contributed by atoms with E-state index < -0.39 is 13.9 Å². The highest BCUT2D eigenvalue weighted by atomic mass is 31.2. The number of hydrogen-bond donors (Lipinski definition) is 1. The number of allylic oxidation sites excluding steroid dienone is 8. The largest absolute Gasteiger partial charge is 0.472 e. The van der Waals surface area contributed by atoms with Gasteiger partial charge < -0.3 is 18.9 Å². The first-order valence-corrected chi connectivity index (χ1v) is 26.4. The Kier molecular flexibility index (Phi) is 43.0. The highest BCUT2D eigenvalue weighted by Crippen LogP contribution is 2.43. The maximum Gasteiger partial charge on any atom is 0.472 e. The zero-order valence-corrected chi connectivity index (χ0v) is 40.8. The number of esters is 1. The van der Waals surface area contributed by atoms with E-state index in [1.807, 2.05) is 21.1 Å². The topological polar surface area (TPSA) is 91.3 Å². The van der Waals surface area contributed by atoms with Gasteiger partial charge in [0.15, 0.2) is 0 Å². The molecule has 2 unspecified atom stereocenters. The minimum atomic E-state index is -4.28. The zero-order chi connectivity index (χ0) is 44.1. The van der Waals surface area contributed by atoms with Crippen molar-refractivity contribution in [2.24, 2.45) is 0 Å². The summed E-state index contributed by atoms with van der Waals surface area (Å²) >= 11 is 0. The molecule has 0 radical (unpaired) electrons. The summed E-state index contributed by atoms with van der Waals surface area (Å²) in [7, 11) is 1.66. The van der Waals surface area contributed by atoms with Gasteiger partial charge in [-0.05, 0) is 77.0 Å². The van der Waals surface area contributed by atoms with Crippen molar-refractivity contribution in [2.45, 2.75) is 219 Å². The van der Waals surface area contributed by atoms with Crippen molar-refractivity contribution in [2.75, 3.05) is 54.1 Å². The molecule has 8 nitrogen and oxygen atoms in total. The smallest absolute Gasteiger partial charge is 0.457 e. The molecular formula is C51H97NO7P+. The molecule has 0 heterocycles. The maximum absolute atomic E-state index is 12.7. The second-order valence-electron chi connectivity index (χ2n) is 17.8. The number of quaternary nitrogens is 1. The number of rotatable bonds is 46. The lowest BCUT2D eigenvalue weighted by Crippen LogP contribution is -2.37. The van der Waals surface area contributed by atoms with Crippen LogP contribution < -0.4 is 0 Å². The number of hydrogen-bond acceptors (Lipinski definition) is 6. The van der Waals surface area contributed by atoms with E-state index in [2.05, 4.69) is 62.5 Å². The van der Waals surface area contributed by atoms with Crippen molar-refractivity contribution in [1.29, 1.82) is 0 Å². The maximum atomic E-state index is 12.7. The number of carbonyl (C=O) groups is 1. The molecule has 0 aromatic rings. The van der Waals surface area contributed by atoms with Crippen molar-refractivity contribution >= 4 is 13.8 Å². The normalized spacial score (nSPS) is 14.0. The minimum absolute atomic E-state index is 0.0844. The molecule has 9 heteroatoms. The standard InChI is InChI=1S/C51H96NO7P/c1-6-8-10-12-14-16-18-20-22-24-25-26-27-28-30-32-34-36-38-40-42-44-51(53)59-50(49-58-60(54,55)57-47-45-52(3,4)5)48-56-46-43-41-39-37-35-33-31-29-23-21-19-17-15-13-11-9-7-2/h17-20,23-25,29,50H,6-16,21-22,26-28,30-49H2,1-5H3/p+1/b19-17-,20-18-,25-24-,29-23-. The minimum Gasteiger partial charge on any atom is -0.457 e. The van der Waals surface area contributed by atoms with Gasteiger partial charge in [0.2, 0.25) is 0 Å². The van der Waals surface area contributed by atoms with Crippen molar-refractivity contribution in [1.82, 2.24) is 0 Å². The predicted molar refractivity (Wildman–Crippen MR) is 256 cm³/mol. The third-order valence-corrected chi connectivity index (χ3v) is 11.6. The third kappa shape index (κ3) is 47.5. The molecule has 0 aromatic heterocycles. The number of likely N-dealkylation sites (N-methyl/N-ethyl adjacent to an activating group) is 1. The second-order valence-corrected chi connectivity index (χ2v) is 19.3. The summed E-state index contributed by atoms with van der Waals surface area (Å²) in [6, 6.07) is 0. The Morgan fingerprint density at radius 3 is 1.37 bits per heavy atom. The lowest BCUT2D eigenvalue weighted by atomic mass is 10.1. The Hall–Kier alpha value is -1.54. The van der Waals surface area contributed by atoms with Gasteiger partial charge in [0.05, 0.1) is 34.4 Å². The molecular weight excluding hydrogens is 770 g/mol. The van der Waals surface area contributed by atoms with Crippen molar-refractivity contribution in [3.63, 3.8) is 0 Å². The van der Waals surface area contributed by atoms with E-state index in [4.69, 9.17) is 18.5 Å². The molecule has 352 valence electrons. The summed E-state index contributed by atoms with van der Waals surface area (Å²) in [5.74, 6) is -0.321. The van der Waals surface area contributed by atoms with E-state index in [0.29, 0.717) is 24.1 Å². The first-order valence-electron chi connectivity index (χ1n) is 24.9. The summed E-state index contributed by atoms with van der Waals surface area (Å²) < 4.78 is 35.1. The molecule has 60 heavy (non-hydrogen) atoms. The number of ether oxygens (including phenoxy) is 2. The van der Waals surface area contributed by atoms with E-state index in [-0.39, 0.29) is 25.8 Å². The average molecular weight is 867 g/mol. The van der Waals surface area contributed by atoms with Crippen LogP contribution in [0.15, 0.2) is 48.6 Å². The lowest BCUT2D eigenvalue weighted by molar-refractivity contribution is -0.870. The molecule has 1 N–H and O–H groups in total. The monoisotopic (exact) mass is 867 g/mol. The van der Waals surface area contributed by atoms with Crippen LogP contribution in [0.1, 0.15) is 213 Å². The van der Waals surface area contributed by atoms with Gasteiger partial charge in [0, 0.05) is 13.0 Å². The fraction of sp³-hybridized carbons (Fsp3) is 0.824. The van der Waals surface area contributed by atoms with Gasteiger partial charge in [-0.2, -0.15) is 0 Å². The van der Waals surface area contributed by atoms with Gasteiger partial charge in [0.25, 0.3) is 0 Å². The van der Waals surface area contributed by atoms with Gasteiger partial charge >= 0.3 is 13.8 Å². The molecule has 0 aliphatic heterocycles.